The van der Waals surface area contributed by atoms with Crippen molar-refractivity contribution in [1.82, 2.24) is 9.88 Å². The molecule has 0 bridgehead atoms. The molecule has 0 amide bonds. The monoisotopic (exact) mass is 524 g/mol. The number of nitrogens with one attached hydrogen (secondary N) is 1. The Kier molecular flexibility index (Phi) is 6.32. The van der Waals surface area contributed by atoms with Gasteiger partial charge in [-0.2, -0.15) is 0 Å². The van der Waals surface area contributed by atoms with E-state index in [1.54, 1.807) is 12.1 Å². The predicted octanol–water partition coefficient (Wildman–Crippen LogP) is 1.20. The molecule has 1 fully saturated rings. The Bertz CT molecular complexity index is 951. The van der Waals surface area contributed by atoms with E-state index < -0.39 is 54.8 Å². The molecule has 0 radical (unpaired) electrons. The Morgan fingerprint density at radius 2 is 2.10 bits per heavy atom. The van der Waals surface area contributed by atoms with Crippen LogP contribution in [0.2, 0.25) is 0 Å². The topological polar surface area (TPSA) is 65.5 Å². The molecule has 5 nitrogen and oxygen atoms in total. The minimum atomic E-state index is -4.71. The quantitative estimate of drug-likeness (QED) is 0.267. The van der Waals surface area contributed by atoms with Crippen LogP contribution in [-0.2, 0) is 0 Å². The van der Waals surface area contributed by atoms with Crippen LogP contribution in [0.1, 0.15) is 12.1 Å². The average Bonchev–Trinajstić information content (AvgIpc) is 2.62. The molecule has 0 spiro atoms. The molecule has 1 saturated heterocycles. The van der Waals surface area contributed by atoms with Gasteiger partial charge >= 0.3 is 175 Å². The van der Waals surface area contributed by atoms with Crippen LogP contribution < -0.4 is 26.5 Å². The summed E-state index contributed by atoms with van der Waals surface area (Å²) in [6, 6.07) is 5.68. The van der Waals surface area contributed by atoms with Crippen LogP contribution in [0.3, 0.4) is 0 Å². The molecule has 0 saturated carbocycles. The summed E-state index contributed by atoms with van der Waals surface area (Å²) in [5.41, 5.74) is -1.08. The van der Waals surface area contributed by atoms with Crippen molar-refractivity contribution in [1.29, 1.82) is 0 Å². The Labute approximate surface area is 175 Å². The zero-order valence-electron chi connectivity index (χ0n) is 15.4. The van der Waals surface area contributed by atoms with Gasteiger partial charge in [-0.05, 0) is 0 Å². The van der Waals surface area contributed by atoms with Crippen molar-refractivity contribution in [3.8, 4) is 0 Å². The number of allylic oxidation sites excluding steroid dienone is 1. The zero-order valence-corrected chi connectivity index (χ0v) is 17.6. The summed E-state index contributed by atoms with van der Waals surface area (Å²) in [4.78, 5) is 17.0. The molecular weight excluding hydrogens is 505 g/mol. The number of piperidine rings is 1. The number of alkyl halides is 4. The summed E-state index contributed by atoms with van der Waals surface area (Å²) in [6.07, 6.45) is -5.31. The molecule has 3 rings (SSSR count). The number of hydrogen-bond acceptors (Lipinski definition) is 4. The fourth-order valence-electron chi connectivity index (χ4n) is 3.29. The first kappa shape index (κ1) is 21.8. The number of rotatable bonds is 5. The minimum absolute atomic E-state index is 0.0821. The van der Waals surface area contributed by atoms with E-state index in [0.717, 1.165) is 0 Å². The van der Waals surface area contributed by atoms with Gasteiger partial charge in [0.05, 0.1) is 0 Å². The summed E-state index contributed by atoms with van der Waals surface area (Å²) in [5, 5.41) is 12.8. The Morgan fingerprint density at radius 1 is 1.38 bits per heavy atom. The number of likely N-dealkylation sites (tertiary alicyclic amines) is 1. The summed E-state index contributed by atoms with van der Waals surface area (Å²) in [5.74, 6) is 0. The third-order valence-corrected chi connectivity index (χ3v) is 6.30. The second-order valence-electron chi connectivity index (χ2n) is 6.84. The molecule has 29 heavy (non-hydrogen) atoms. The number of halogens is 5. The van der Waals surface area contributed by atoms with Crippen LogP contribution in [0.15, 0.2) is 30.8 Å². The van der Waals surface area contributed by atoms with E-state index in [-0.39, 0.29) is 15.6 Å². The third-order valence-electron chi connectivity index (χ3n) is 4.73. The van der Waals surface area contributed by atoms with E-state index in [0.29, 0.717) is 24.0 Å². The number of benzene rings is 1. The summed E-state index contributed by atoms with van der Waals surface area (Å²) >= 11 is -1.65. The van der Waals surface area contributed by atoms with Crippen LogP contribution >= 0.6 is 0 Å². The normalized spacial score (nSPS) is 20.7. The molecule has 0 aliphatic carbocycles. The average molecular weight is 524 g/mol. The molecule has 1 aliphatic heterocycles. The number of nitrogens with zero attached hydrogens (tertiary/aromatic N) is 2. The Morgan fingerprint density at radius 3 is 2.72 bits per heavy atom. The van der Waals surface area contributed by atoms with Gasteiger partial charge in [0.1, 0.15) is 0 Å². The Balaban J connectivity index is 2.09. The molecule has 0 unspecified atom stereocenters. The van der Waals surface area contributed by atoms with Gasteiger partial charge in [-0.3, -0.25) is 0 Å². The molecule has 10 heteroatoms. The van der Waals surface area contributed by atoms with E-state index in [1.165, 1.54) is 12.1 Å². The van der Waals surface area contributed by atoms with Crippen LogP contribution in [-0.4, -0.2) is 57.5 Å². The van der Waals surface area contributed by atoms with Crippen molar-refractivity contribution < 1.29 is 48.7 Å². The molecule has 1 aliphatic rings. The van der Waals surface area contributed by atoms with Crippen molar-refractivity contribution in [2.24, 2.45) is 0 Å². The first-order valence-corrected chi connectivity index (χ1v) is 10.9. The third kappa shape index (κ3) is 4.97. The summed E-state index contributed by atoms with van der Waals surface area (Å²) in [6.45, 7) is 4.07. The van der Waals surface area contributed by atoms with Gasteiger partial charge in [0.2, 0.25) is 0 Å². The standard InChI is InChI=1S/C19H19F4IN3O2/c1-10(19(21,22)23)17-11-4-3-5-14(12(11)8-16(26-17)24-18(28)29)25-15-6-7-27(2)9-13(15)20/h3-5,8,13,15,25H,1,6-7,9H2,2H3,(H,28,29)/q-1/t13-,15+/m0/s1. The first-order valence-electron chi connectivity index (χ1n) is 8.73. The van der Waals surface area contributed by atoms with Gasteiger partial charge in [0.25, 0.3) is 0 Å². The van der Waals surface area contributed by atoms with Gasteiger partial charge in [0, 0.05) is 0 Å². The maximum absolute atomic E-state index is 14.4. The maximum atomic E-state index is 14.4. The predicted molar refractivity (Wildman–Crippen MR) is 98.0 cm³/mol. The molecule has 2 aromatic rings. The van der Waals surface area contributed by atoms with Crippen molar-refractivity contribution in [2.45, 2.75) is 24.8 Å². The second-order valence-corrected chi connectivity index (χ2v) is 9.40. The van der Waals surface area contributed by atoms with Crippen LogP contribution in [0, 0.1) is 3.70 Å². The van der Waals surface area contributed by atoms with E-state index in [1.807, 2.05) is 11.9 Å². The number of anilines is 1. The fourth-order valence-corrected chi connectivity index (χ4v) is 4.59. The molecule has 2 atom stereocenters. The van der Waals surface area contributed by atoms with Crippen LogP contribution in [0.5, 0.6) is 0 Å². The van der Waals surface area contributed by atoms with E-state index in [2.05, 4.69) is 16.9 Å². The Hall–Kier alpha value is -1.95. The van der Waals surface area contributed by atoms with E-state index in [4.69, 9.17) is 5.11 Å². The first-order chi connectivity index (χ1) is 13.6. The van der Waals surface area contributed by atoms with Gasteiger partial charge < -0.3 is 0 Å². The van der Waals surface area contributed by atoms with Crippen molar-refractivity contribution >= 4 is 26.0 Å². The molecule has 2 N–H and O–H groups in total. The number of carboxylic acid groups (broad SMARTS) is 1. The van der Waals surface area contributed by atoms with Crippen molar-refractivity contribution in [2.75, 3.05) is 25.5 Å². The van der Waals surface area contributed by atoms with E-state index >= 15 is 0 Å². The van der Waals surface area contributed by atoms with Gasteiger partial charge in [-0.1, -0.05) is 0 Å². The SMILES string of the molecule is C=C(c1nc([I-]C(=O)O)cc2c(N[C@@H]3CCN(C)C[C@@H]3F)cccc12)C(F)(F)F. The second kappa shape index (κ2) is 8.42. The van der Waals surface area contributed by atoms with Gasteiger partial charge in [-0.15, -0.1) is 0 Å². The number of pyridine rings is 1. The zero-order chi connectivity index (χ0) is 21.3. The van der Waals surface area contributed by atoms with Crippen molar-refractivity contribution in [3.63, 3.8) is 0 Å². The molecular formula is C19H19F4IN3O2-. The number of fused-ring (bicyclic) bond motifs is 1. The number of aromatic nitrogens is 1. The van der Waals surface area contributed by atoms with Gasteiger partial charge in [0.15, 0.2) is 0 Å². The van der Waals surface area contributed by atoms with Crippen LogP contribution in [0.25, 0.3) is 16.3 Å². The fraction of sp³-hybridized carbons (Fsp3) is 0.368. The summed E-state index contributed by atoms with van der Waals surface area (Å²) in [7, 11) is 1.82. The summed E-state index contributed by atoms with van der Waals surface area (Å²) < 4.78 is 53.3. The molecule has 1 aromatic heterocycles. The van der Waals surface area contributed by atoms with Gasteiger partial charge in [-0.25, -0.2) is 0 Å². The molecule has 2 heterocycles. The number of hydrogen-bond donors (Lipinski definition) is 2. The number of carbonyl (C=O) groups is 1. The van der Waals surface area contributed by atoms with Crippen molar-refractivity contribution in [3.05, 3.63) is 40.2 Å². The van der Waals surface area contributed by atoms with E-state index in [9.17, 15) is 22.4 Å². The molecule has 158 valence electrons. The van der Waals surface area contributed by atoms with Crippen LogP contribution in [0.4, 0.5) is 28.0 Å². The molecule has 1 aromatic carbocycles.